The predicted molar refractivity (Wildman–Crippen MR) is 57.2 cm³/mol. The topological polar surface area (TPSA) is 76.4 Å². The Morgan fingerprint density at radius 2 is 2.56 bits per heavy atom. The zero-order chi connectivity index (χ0) is 11.4. The van der Waals surface area contributed by atoms with Crippen LogP contribution < -0.4 is 10.6 Å². The van der Waals surface area contributed by atoms with Crippen molar-refractivity contribution in [3.05, 3.63) is 11.8 Å². The number of aryl methyl sites for hydroxylation is 1. The molecule has 1 aliphatic rings. The van der Waals surface area contributed by atoms with Gasteiger partial charge in [-0.3, -0.25) is 5.32 Å². The molecule has 1 aromatic rings. The van der Waals surface area contributed by atoms with Crippen molar-refractivity contribution in [1.82, 2.24) is 10.5 Å². The Morgan fingerprint density at radius 3 is 3.19 bits per heavy atom. The lowest BCUT2D eigenvalue weighted by Crippen LogP contribution is -2.35. The minimum absolute atomic E-state index is 0.143. The molecule has 6 nitrogen and oxygen atoms in total. The Hall–Kier alpha value is -1.56. The third kappa shape index (κ3) is 2.96. The van der Waals surface area contributed by atoms with Crippen molar-refractivity contribution >= 4 is 11.8 Å². The molecule has 16 heavy (non-hydrogen) atoms. The smallest absolute Gasteiger partial charge is 0.320 e. The van der Waals surface area contributed by atoms with E-state index in [1.54, 1.807) is 13.0 Å². The highest BCUT2D eigenvalue weighted by Gasteiger charge is 2.16. The van der Waals surface area contributed by atoms with E-state index < -0.39 is 0 Å². The number of carbonyl (C=O) groups excluding carboxylic acids is 1. The average molecular weight is 225 g/mol. The zero-order valence-electron chi connectivity index (χ0n) is 9.16. The van der Waals surface area contributed by atoms with E-state index in [-0.39, 0.29) is 12.1 Å². The molecule has 6 heteroatoms. The van der Waals surface area contributed by atoms with Crippen LogP contribution in [0.1, 0.15) is 18.6 Å². The van der Waals surface area contributed by atoms with Gasteiger partial charge in [-0.2, -0.15) is 0 Å². The number of carbonyl (C=O) groups is 1. The average Bonchev–Trinajstić information content (AvgIpc) is 2.87. The second-order valence-corrected chi connectivity index (χ2v) is 3.79. The number of urea groups is 1. The highest BCUT2D eigenvalue weighted by atomic mass is 16.5. The van der Waals surface area contributed by atoms with Gasteiger partial charge in [0.05, 0.1) is 6.10 Å². The molecule has 1 unspecified atom stereocenters. The summed E-state index contributed by atoms with van der Waals surface area (Å²) in [5.41, 5.74) is 0. The van der Waals surface area contributed by atoms with Crippen LogP contribution in [0.4, 0.5) is 10.6 Å². The summed E-state index contributed by atoms with van der Waals surface area (Å²) in [7, 11) is 0. The molecule has 0 aromatic carbocycles. The Balaban J connectivity index is 1.71. The fourth-order valence-corrected chi connectivity index (χ4v) is 1.60. The number of ether oxygens (including phenoxy) is 1. The van der Waals surface area contributed by atoms with Crippen molar-refractivity contribution in [3.63, 3.8) is 0 Å². The Bertz CT molecular complexity index is 358. The van der Waals surface area contributed by atoms with E-state index in [1.165, 1.54) is 0 Å². The number of rotatable bonds is 3. The molecule has 1 fully saturated rings. The van der Waals surface area contributed by atoms with E-state index in [1.807, 2.05) is 0 Å². The maximum atomic E-state index is 11.4. The summed E-state index contributed by atoms with van der Waals surface area (Å²) < 4.78 is 10.2. The first kappa shape index (κ1) is 10.9. The number of hydrogen-bond donors (Lipinski definition) is 2. The van der Waals surface area contributed by atoms with Gasteiger partial charge in [-0.15, -0.1) is 0 Å². The molecular formula is C10H15N3O3. The first-order valence-corrected chi connectivity index (χ1v) is 5.34. The third-order valence-electron chi connectivity index (χ3n) is 2.38. The standard InChI is InChI=1S/C10H15N3O3/c1-7-5-9(13-16-7)12-10(14)11-6-8-3-2-4-15-8/h5,8H,2-4,6H2,1H3,(H2,11,12,13,14). The summed E-state index contributed by atoms with van der Waals surface area (Å²) >= 11 is 0. The molecule has 1 atom stereocenters. The molecule has 2 rings (SSSR count). The van der Waals surface area contributed by atoms with E-state index in [9.17, 15) is 4.79 Å². The van der Waals surface area contributed by atoms with Gasteiger partial charge in [0.25, 0.3) is 0 Å². The van der Waals surface area contributed by atoms with Crippen molar-refractivity contribution in [1.29, 1.82) is 0 Å². The van der Waals surface area contributed by atoms with Crippen molar-refractivity contribution in [2.75, 3.05) is 18.5 Å². The Morgan fingerprint density at radius 1 is 1.69 bits per heavy atom. The van der Waals surface area contributed by atoms with Gasteiger partial charge in [-0.25, -0.2) is 4.79 Å². The van der Waals surface area contributed by atoms with Crippen molar-refractivity contribution in [3.8, 4) is 0 Å². The summed E-state index contributed by atoms with van der Waals surface area (Å²) in [5, 5.41) is 8.96. The molecule has 0 spiro atoms. The number of amides is 2. The van der Waals surface area contributed by atoms with Crippen molar-refractivity contribution in [2.45, 2.75) is 25.9 Å². The van der Waals surface area contributed by atoms with Crippen LogP contribution >= 0.6 is 0 Å². The Kier molecular flexibility index (Phi) is 3.40. The number of hydrogen-bond acceptors (Lipinski definition) is 4. The van der Waals surface area contributed by atoms with Crippen LogP contribution in [0.25, 0.3) is 0 Å². The molecule has 88 valence electrons. The van der Waals surface area contributed by atoms with E-state index in [4.69, 9.17) is 9.26 Å². The molecular weight excluding hydrogens is 210 g/mol. The van der Waals surface area contributed by atoms with Crippen LogP contribution in [0, 0.1) is 6.92 Å². The van der Waals surface area contributed by atoms with Crippen LogP contribution in [0.15, 0.2) is 10.6 Å². The summed E-state index contributed by atoms with van der Waals surface area (Å²) in [6, 6.07) is 1.37. The molecule has 2 amide bonds. The number of nitrogens with one attached hydrogen (secondary N) is 2. The lowest BCUT2D eigenvalue weighted by molar-refractivity contribution is 0.112. The van der Waals surface area contributed by atoms with Gasteiger partial charge in [0, 0.05) is 19.2 Å². The maximum Gasteiger partial charge on any atom is 0.320 e. The SMILES string of the molecule is Cc1cc(NC(=O)NCC2CCCO2)no1. The van der Waals surface area contributed by atoms with Gasteiger partial charge < -0.3 is 14.6 Å². The van der Waals surface area contributed by atoms with Crippen LogP contribution in [0.3, 0.4) is 0 Å². The van der Waals surface area contributed by atoms with Crippen LogP contribution in [0.5, 0.6) is 0 Å². The van der Waals surface area contributed by atoms with Crippen LogP contribution in [-0.2, 0) is 4.74 Å². The van der Waals surface area contributed by atoms with Gasteiger partial charge in [-0.1, -0.05) is 5.16 Å². The number of aromatic nitrogens is 1. The lowest BCUT2D eigenvalue weighted by atomic mass is 10.2. The van der Waals surface area contributed by atoms with Gasteiger partial charge in [0.15, 0.2) is 5.82 Å². The molecule has 0 radical (unpaired) electrons. The van der Waals surface area contributed by atoms with Gasteiger partial charge in [0.1, 0.15) is 5.76 Å². The summed E-state index contributed by atoms with van der Waals surface area (Å²) in [5.74, 6) is 1.08. The second-order valence-electron chi connectivity index (χ2n) is 3.79. The first-order chi connectivity index (χ1) is 7.74. The van der Waals surface area contributed by atoms with Crippen LogP contribution in [0.2, 0.25) is 0 Å². The molecule has 0 saturated carbocycles. The highest BCUT2D eigenvalue weighted by molar-refractivity contribution is 5.88. The van der Waals surface area contributed by atoms with Crippen molar-refractivity contribution in [2.24, 2.45) is 0 Å². The number of anilines is 1. The number of nitrogens with zero attached hydrogens (tertiary/aromatic N) is 1. The highest BCUT2D eigenvalue weighted by Crippen LogP contribution is 2.10. The molecule has 2 N–H and O–H groups in total. The third-order valence-corrected chi connectivity index (χ3v) is 2.38. The zero-order valence-corrected chi connectivity index (χ0v) is 9.16. The molecule has 2 heterocycles. The van der Waals surface area contributed by atoms with Crippen molar-refractivity contribution < 1.29 is 14.1 Å². The molecule has 1 saturated heterocycles. The molecule has 0 bridgehead atoms. The quantitative estimate of drug-likeness (QED) is 0.812. The van der Waals surface area contributed by atoms with E-state index in [2.05, 4.69) is 15.8 Å². The predicted octanol–water partition coefficient (Wildman–Crippen LogP) is 1.28. The normalized spacial score (nSPS) is 19.7. The van der Waals surface area contributed by atoms with Gasteiger partial charge >= 0.3 is 6.03 Å². The fourth-order valence-electron chi connectivity index (χ4n) is 1.60. The molecule has 1 aromatic heterocycles. The van der Waals surface area contributed by atoms with Gasteiger partial charge in [0.2, 0.25) is 0 Å². The van der Waals surface area contributed by atoms with E-state index >= 15 is 0 Å². The van der Waals surface area contributed by atoms with E-state index in [0.29, 0.717) is 18.1 Å². The minimum Gasteiger partial charge on any atom is -0.376 e. The monoisotopic (exact) mass is 225 g/mol. The summed E-state index contributed by atoms with van der Waals surface area (Å²) in [4.78, 5) is 11.4. The fraction of sp³-hybridized carbons (Fsp3) is 0.600. The Labute approximate surface area is 93.3 Å². The summed E-state index contributed by atoms with van der Waals surface area (Å²) in [6.07, 6.45) is 2.21. The van der Waals surface area contributed by atoms with Gasteiger partial charge in [-0.05, 0) is 19.8 Å². The minimum atomic E-state index is -0.288. The van der Waals surface area contributed by atoms with E-state index in [0.717, 1.165) is 19.4 Å². The molecule has 0 aliphatic carbocycles. The molecule has 1 aliphatic heterocycles. The maximum absolute atomic E-state index is 11.4. The largest absolute Gasteiger partial charge is 0.376 e. The summed E-state index contributed by atoms with van der Waals surface area (Å²) in [6.45, 7) is 3.08. The van der Waals surface area contributed by atoms with Crippen LogP contribution in [-0.4, -0.2) is 30.4 Å². The second kappa shape index (κ2) is 4.98. The lowest BCUT2D eigenvalue weighted by Gasteiger charge is -2.10. The first-order valence-electron chi connectivity index (χ1n) is 5.34.